The Bertz CT molecular complexity index is 333. The van der Waals surface area contributed by atoms with Crippen molar-refractivity contribution in [1.82, 2.24) is 20.9 Å². The summed E-state index contributed by atoms with van der Waals surface area (Å²) in [6.07, 6.45) is 0.317. The normalized spacial score (nSPS) is 18.4. The molecule has 1 aliphatic heterocycles. The van der Waals surface area contributed by atoms with Gasteiger partial charge in [-0.15, -0.1) is 0 Å². The highest BCUT2D eigenvalue weighted by Crippen LogP contribution is 2.01. The lowest BCUT2D eigenvalue weighted by molar-refractivity contribution is -0.126. The van der Waals surface area contributed by atoms with E-state index < -0.39 is 0 Å². The van der Waals surface area contributed by atoms with E-state index in [1.807, 2.05) is 27.7 Å². The largest absolute Gasteiger partial charge is 0.354 e. The molecular weight excluding hydrogens is 256 g/mol. The van der Waals surface area contributed by atoms with Gasteiger partial charge in [0.2, 0.25) is 11.8 Å². The van der Waals surface area contributed by atoms with Gasteiger partial charge < -0.3 is 16.0 Å². The summed E-state index contributed by atoms with van der Waals surface area (Å²) < 4.78 is 0. The zero-order chi connectivity index (χ0) is 15.2. The molecule has 20 heavy (non-hydrogen) atoms. The molecule has 0 aliphatic carbocycles. The molecule has 0 aromatic rings. The third kappa shape index (κ3) is 6.34. The number of rotatable bonds is 5. The molecule has 116 valence electrons. The fourth-order valence-corrected chi connectivity index (χ4v) is 2.16. The number of hydrogen-bond donors (Lipinski definition) is 3. The Morgan fingerprint density at radius 1 is 1.25 bits per heavy atom. The number of hydrogen-bond acceptors (Lipinski definition) is 4. The Hall–Kier alpha value is -1.14. The van der Waals surface area contributed by atoms with E-state index >= 15 is 0 Å². The summed E-state index contributed by atoms with van der Waals surface area (Å²) in [5.41, 5.74) is -0.227. The molecule has 3 N–H and O–H groups in total. The summed E-state index contributed by atoms with van der Waals surface area (Å²) in [5.74, 6) is -0.0388. The number of amides is 2. The number of carbonyl (C=O) groups excluding carboxylic acids is 2. The minimum Gasteiger partial charge on any atom is -0.354 e. The van der Waals surface area contributed by atoms with E-state index in [0.717, 1.165) is 26.2 Å². The van der Waals surface area contributed by atoms with E-state index in [9.17, 15) is 9.59 Å². The SMILES string of the molecule is CC(C(=O)NCCC(=O)NC(C)(C)C)N1CCNCC1. The summed E-state index contributed by atoms with van der Waals surface area (Å²) in [4.78, 5) is 25.8. The van der Waals surface area contributed by atoms with E-state index in [2.05, 4.69) is 20.9 Å². The lowest BCUT2D eigenvalue weighted by Crippen LogP contribution is -2.53. The molecule has 1 atom stereocenters. The van der Waals surface area contributed by atoms with E-state index in [1.165, 1.54) is 0 Å². The predicted octanol–water partition coefficient (Wildman–Crippen LogP) is -0.299. The molecule has 6 nitrogen and oxygen atoms in total. The Morgan fingerprint density at radius 3 is 2.40 bits per heavy atom. The van der Waals surface area contributed by atoms with Crippen molar-refractivity contribution in [3.8, 4) is 0 Å². The summed E-state index contributed by atoms with van der Waals surface area (Å²) >= 11 is 0. The molecule has 0 bridgehead atoms. The van der Waals surface area contributed by atoms with E-state index in [4.69, 9.17) is 0 Å². The van der Waals surface area contributed by atoms with Crippen molar-refractivity contribution >= 4 is 11.8 Å². The van der Waals surface area contributed by atoms with Crippen LogP contribution >= 0.6 is 0 Å². The first-order valence-corrected chi connectivity index (χ1v) is 7.33. The predicted molar refractivity (Wildman–Crippen MR) is 79.4 cm³/mol. The molecule has 1 fully saturated rings. The van der Waals surface area contributed by atoms with E-state index in [1.54, 1.807) is 0 Å². The van der Waals surface area contributed by atoms with Crippen molar-refractivity contribution in [2.75, 3.05) is 32.7 Å². The van der Waals surface area contributed by atoms with Crippen LogP contribution in [0.25, 0.3) is 0 Å². The summed E-state index contributed by atoms with van der Waals surface area (Å²) in [6, 6.07) is -0.136. The number of nitrogens with zero attached hydrogens (tertiary/aromatic N) is 1. The summed E-state index contributed by atoms with van der Waals surface area (Å²) in [5, 5.41) is 8.97. The van der Waals surface area contributed by atoms with Gasteiger partial charge in [-0.05, 0) is 27.7 Å². The molecule has 0 aromatic carbocycles. The van der Waals surface area contributed by atoms with Crippen LogP contribution in [0.15, 0.2) is 0 Å². The highest BCUT2D eigenvalue weighted by atomic mass is 16.2. The molecule has 1 aliphatic rings. The third-order valence-electron chi connectivity index (χ3n) is 3.24. The molecule has 1 unspecified atom stereocenters. The van der Waals surface area contributed by atoms with Gasteiger partial charge in [0.15, 0.2) is 0 Å². The van der Waals surface area contributed by atoms with Crippen LogP contribution in [0.5, 0.6) is 0 Å². The van der Waals surface area contributed by atoms with E-state index in [-0.39, 0.29) is 23.4 Å². The Morgan fingerprint density at radius 2 is 1.85 bits per heavy atom. The van der Waals surface area contributed by atoms with Gasteiger partial charge in [-0.25, -0.2) is 0 Å². The van der Waals surface area contributed by atoms with Crippen molar-refractivity contribution in [2.24, 2.45) is 0 Å². The fraction of sp³-hybridized carbons (Fsp3) is 0.857. The van der Waals surface area contributed by atoms with Gasteiger partial charge >= 0.3 is 0 Å². The van der Waals surface area contributed by atoms with Gasteiger partial charge in [0.25, 0.3) is 0 Å². The van der Waals surface area contributed by atoms with Crippen LogP contribution in [0.1, 0.15) is 34.1 Å². The topological polar surface area (TPSA) is 73.5 Å². The lowest BCUT2D eigenvalue weighted by atomic mass is 10.1. The van der Waals surface area contributed by atoms with Crippen LogP contribution in [0.3, 0.4) is 0 Å². The van der Waals surface area contributed by atoms with Crippen molar-refractivity contribution < 1.29 is 9.59 Å². The first-order chi connectivity index (χ1) is 9.29. The van der Waals surface area contributed by atoms with E-state index in [0.29, 0.717) is 13.0 Å². The van der Waals surface area contributed by atoms with Gasteiger partial charge in [0.1, 0.15) is 0 Å². The second-order valence-electron chi connectivity index (χ2n) is 6.30. The molecule has 1 heterocycles. The van der Waals surface area contributed by atoms with Gasteiger partial charge in [-0.1, -0.05) is 0 Å². The molecular formula is C14H28N4O2. The lowest BCUT2D eigenvalue weighted by Gasteiger charge is -2.31. The van der Waals surface area contributed by atoms with Crippen LogP contribution in [0.2, 0.25) is 0 Å². The third-order valence-corrected chi connectivity index (χ3v) is 3.24. The van der Waals surface area contributed by atoms with Gasteiger partial charge in [-0.3, -0.25) is 14.5 Å². The molecule has 0 aromatic heterocycles. The second kappa shape index (κ2) is 7.59. The highest BCUT2D eigenvalue weighted by Gasteiger charge is 2.22. The average Bonchev–Trinajstić information content (AvgIpc) is 2.36. The van der Waals surface area contributed by atoms with Crippen LogP contribution in [0, 0.1) is 0 Å². The number of carbonyl (C=O) groups is 2. The highest BCUT2D eigenvalue weighted by molar-refractivity contribution is 5.82. The minimum absolute atomic E-state index is 0.00420. The van der Waals surface area contributed by atoms with Gasteiger partial charge in [0.05, 0.1) is 6.04 Å². The Balaban J connectivity index is 2.23. The first-order valence-electron chi connectivity index (χ1n) is 7.33. The summed E-state index contributed by atoms with van der Waals surface area (Å²) in [7, 11) is 0. The smallest absolute Gasteiger partial charge is 0.237 e. The van der Waals surface area contributed by atoms with Crippen LogP contribution in [-0.2, 0) is 9.59 Å². The van der Waals surface area contributed by atoms with Gasteiger partial charge in [0, 0.05) is 44.7 Å². The molecule has 1 rings (SSSR count). The number of nitrogens with one attached hydrogen (secondary N) is 3. The van der Waals surface area contributed by atoms with Crippen molar-refractivity contribution in [3.05, 3.63) is 0 Å². The molecule has 1 saturated heterocycles. The zero-order valence-electron chi connectivity index (χ0n) is 13.1. The molecule has 2 amide bonds. The quantitative estimate of drug-likeness (QED) is 0.648. The molecule has 0 spiro atoms. The molecule has 0 saturated carbocycles. The van der Waals surface area contributed by atoms with Crippen LogP contribution in [0.4, 0.5) is 0 Å². The maximum absolute atomic E-state index is 12.0. The Labute approximate surface area is 121 Å². The average molecular weight is 284 g/mol. The first kappa shape index (κ1) is 16.9. The molecule has 6 heteroatoms. The van der Waals surface area contributed by atoms with Crippen LogP contribution < -0.4 is 16.0 Å². The van der Waals surface area contributed by atoms with Gasteiger partial charge in [-0.2, -0.15) is 0 Å². The Kier molecular flexibility index (Phi) is 6.42. The van der Waals surface area contributed by atoms with Crippen molar-refractivity contribution in [3.63, 3.8) is 0 Å². The molecule has 0 radical (unpaired) electrons. The minimum atomic E-state index is -0.227. The maximum atomic E-state index is 12.0. The van der Waals surface area contributed by atoms with Crippen molar-refractivity contribution in [1.29, 1.82) is 0 Å². The summed E-state index contributed by atoms with van der Waals surface area (Å²) in [6.45, 7) is 11.7. The number of piperazine rings is 1. The maximum Gasteiger partial charge on any atom is 0.237 e. The fourth-order valence-electron chi connectivity index (χ4n) is 2.16. The van der Waals surface area contributed by atoms with Crippen LogP contribution in [-0.4, -0.2) is 61.0 Å². The zero-order valence-corrected chi connectivity index (χ0v) is 13.1. The van der Waals surface area contributed by atoms with Crippen molar-refractivity contribution in [2.45, 2.75) is 45.7 Å². The monoisotopic (exact) mass is 284 g/mol. The standard InChI is InChI=1S/C14H28N4O2/c1-11(18-9-7-15-8-10-18)13(20)16-6-5-12(19)17-14(2,3)4/h11,15H,5-10H2,1-4H3,(H,16,20)(H,17,19). The second-order valence-corrected chi connectivity index (χ2v) is 6.30.